The average Bonchev–Trinajstić information content (AvgIpc) is 2.40. The van der Waals surface area contributed by atoms with Crippen LogP contribution >= 0.6 is 0 Å². The third-order valence-corrected chi connectivity index (χ3v) is 2.46. The van der Waals surface area contributed by atoms with Crippen molar-refractivity contribution < 1.29 is 28.9 Å². The van der Waals surface area contributed by atoms with Crippen LogP contribution in [0.15, 0.2) is 24.3 Å². The van der Waals surface area contributed by atoms with Crippen molar-refractivity contribution in [3.8, 4) is 5.75 Å². The first-order chi connectivity index (χ1) is 9.52. The molecule has 0 aliphatic heterocycles. The molecule has 6 nitrogen and oxygen atoms in total. The second-order valence-electron chi connectivity index (χ2n) is 4.02. The van der Waals surface area contributed by atoms with Crippen LogP contribution in [0.3, 0.4) is 0 Å². The van der Waals surface area contributed by atoms with Crippen LogP contribution in [0, 0.1) is 5.82 Å². The predicted molar refractivity (Wildman–Crippen MR) is 67.8 cm³/mol. The topological polar surface area (TPSA) is 95.9 Å². The molecule has 0 saturated carbocycles. The number of carboxylic acids is 1. The number of amides is 1. The van der Waals surface area contributed by atoms with E-state index in [1.54, 1.807) is 0 Å². The summed E-state index contributed by atoms with van der Waals surface area (Å²) in [5.74, 6) is -1.66. The molecule has 7 heteroatoms. The van der Waals surface area contributed by atoms with Gasteiger partial charge in [0.1, 0.15) is 17.6 Å². The molecule has 110 valence electrons. The molecule has 0 unspecified atom stereocenters. The monoisotopic (exact) mass is 285 g/mol. The maximum Gasteiger partial charge on any atom is 0.326 e. The molecule has 1 aromatic rings. The summed E-state index contributed by atoms with van der Waals surface area (Å²) < 4.78 is 17.8. The molecule has 1 amide bonds. The number of ether oxygens (including phenoxy) is 1. The van der Waals surface area contributed by atoms with Crippen LogP contribution in [0.25, 0.3) is 0 Å². The van der Waals surface area contributed by atoms with Gasteiger partial charge in [0.05, 0.1) is 13.0 Å². The molecule has 0 spiro atoms. The van der Waals surface area contributed by atoms with E-state index in [0.717, 1.165) is 0 Å². The highest BCUT2D eigenvalue weighted by Crippen LogP contribution is 2.11. The Hall–Kier alpha value is -2.15. The number of carbonyl (C=O) groups excluding carboxylic acids is 1. The van der Waals surface area contributed by atoms with Crippen LogP contribution in [0.5, 0.6) is 5.75 Å². The zero-order valence-electron chi connectivity index (χ0n) is 10.7. The van der Waals surface area contributed by atoms with Crippen molar-refractivity contribution >= 4 is 11.9 Å². The molecule has 0 aliphatic rings. The minimum Gasteiger partial charge on any atom is -0.493 e. The fourth-order valence-corrected chi connectivity index (χ4v) is 1.45. The van der Waals surface area contributed by atoms with E-state index < -0.39 is 17.9 Å². The van der Waals surface area contributed by atoms with Crippen LogP contribution in [0.2, 0.25) is 0 Å². The van der Waals surface area contributed by atoms with Crippen LogP contribution in [0.4, 0.5) is 4.39 Å². The normalized spacial score (nSPS) is 11.7. The number of carbonyl (C=O) groups is 2. The molecule has 1 rings (SSSR count). The van der Waals surface area contributed by atoms with Crippen LogP contribution in [0.1, 0.15) is 12.8 Å². The molecular weight excluding hydrogens is 269 g/mol. The fraction of sp³-hybridized carbons (Fsp3) is 0.385. The van der Waals surface area contributed by atoms with Gasteiger partial charge in [0.15, 0.2) is 0 Å². The number of halogens is 1. The number of aliphatic carboxylic acids is 1. The molecule has 0 radical (unpaired) electrons. The van der Waals surface area contributed by atoms with Gasteiger partial charge in [0, 0.05) is 13.0 Å². The molecule has 0 heterocycles. The molecule has 0 aliphatic carbocycles. The van der Waals surface area contributed by atoms with Gasteiger partial charge in [-0.25, -0.2) is 9.18 Å². The Morgan fingerprint density at radius 3 is 2.50 bits per heavy atom. The van der Waals surface area contributed by atoms with Crippen molar-refractivity contribution in [2.24, 2.45) is 0 Å². The second kappa shape index (κ2) is 8.11. The van der Waals surface area contributed by atoms with E-state index in [1.807, 2.05) is 0 Å². The predicted octanol–water partition coefficient (Wildman–Crippen LogP) is 0.546. The standard InChI is InChI=1S/C13H16FNO5/c14-9-1-3-10(4-2-9)20-8-6-12(17)15-11(5-7-16)13(18)19/h1-4,11,16H,5-8H2,(H,15,17)(H,18,19)/t11-/m1/s1. The maximum atomic E-state index is 12.6. The van der Waals surface area contributed by atoms with E-state index in [-0.39, 0.29) is 31.9 Å². The number of aliphatic hydroxyl groups is 1. The second-order valence-corrected chi connectivity index (χ2v) is 4.02. The van der Waals surface area contributed by atoms with Gasteiger partial charge in [-0.3, -0.25) is 4.79 Å². The minimum absolute atomic E-state index is 0.0351. The largest absolute Gasteiger partial charge is 0.493 e. The summed E-state index contributed by atoms with van der Waals surface area (Å²) in [6, 6.07) is 4.21. The lowest BCUT2D eigenvalue weighted by atomic mass is 10.2. The Labute approximate surface area is 115 Å². The zero-order valence-corrected chi connectivity index (χ0v) is 10.7. The molecule has 1 atom stereocenters. The average molecular weight is 285 g/mol. The third kappa shape index (κ3) is 5.66. The minimum atomic E-state index is -1.20. The summed E-state index contributed by atoms with van der Waals surface area (Å²) in [5.41, 5.74) is 0. The van der Waals surface area contributed by atoms with Gasteiger partial charge in [0.25, 0.3) is 0 Å². The quantitative estimate of drug-likeness (QED) is 0.648. The van der Waals surface area contributed by atoms with Gasteiger partial charge in [-0.05, 0) is 24.3 Å². The number of nitrogens with one attached hydrogen (secondary N) is 1. The molecule has 0 saturated heterocycles. The Bertz CT molecular complexity index is 449. The van der Waals surface area contributed by atoms with Crippen molar-refractivity contribution in [2.45, 2.75) is 18.9 Å². The highest BCUT2D eigenvalue weighted by Gasteiger charge is 2.18. The Morgan fingerprint density at radius 1 is 1.30 bits per heavy atom. The highest BCUT2D eigenvalue weighted by molar-refractivity contribution is 5.83. The number of rotatable bonds is 8. The lowest BCUT2D eigenvalue weighted by Gasteiger charge is -2.13. The number of hydrogen-bond donors (Lipinski definition) is 3. The van der Waals surface area contributed by atoms with Gasteiger partial charge < -0.3 is 20.3 Å². The molecule has 20 heavy (non-hydrogen) atoms. The maximum absolute atomic E-state index is 12.6. The number of hydrogen-bond acceptors (Lipinski definition) is 4. The van der Waals surface area contributed by atoms with Gasteiger partial charge >= 0.3 is 5.97 Å². The van der Waals surface area contributed by atoms with Gasteiger partial charge in [-0.2, -0.15) is 0 Å². The van der Waals surface area contributed by atoms with Crippen molar-refractivity contribution in [1.29, 1.82) is 0 Å². The molecule has 0 fully saturated rings. The molecule has 1 aromatic carbocycles. The first-order valence-corrected chi connectivity index (χ1v) is 6.04. The van der Waals surface area contributed by atoms with Crippen LogP contribution in [-0.4, -0.2) is 41.3 Å². The number of benzene rings is 1. The van der Waals surface area contributed by atoms with Gasteiger partial charge in [0.2, 0.25) is 5.91 Å². The van der Waals surface area contributed by atoms with Gasteiger partial charge in [-0.1, -0.05) is 0 Å². The van der Waals surface area contributed by atoms with Crippen molar-refractivity contribution in [3.63, 3.8) is 0 Å². The summed E-state index contributed by atoms with van der Waals surface area (Å²) in [6.45, 7) is -0.285. The van der Waals surface area contributed by atoms with E-state index in [4.69, 9.17) is 14.9 Å². The Morgan fingerprint density at radius 2 is 1.95 bits per heavy atom. The van der Waals surface area contributed by atoms with Crippen LogP contribution < -0.4 is 10.1 Å². The number of aliphatic hydroxyl groups excluding tert-OH is 1. The lowest BCUT2D eigenvalue weighted by molar-refractivity contribution is -0.142. The summed E-state index contributed by atoms with van der Waals surface area (Å²) in [5, 5.41) is 19.7. The SMILES string of the molecule is O=C(CCOc1ccc(F)cc1)N[C@H](CCO)C(=O)O. The zero-order chi connectivity index (χ0) is 15.0. The summed E-state index contributed by atoms with van der Waals surface area (Å²) in [7, 11) is 0. The summed E-state index contributed by atoms with van der Waals surface area (Å²) >= 11 is 0. The first kappa shape index (κ1) is 15.9. The van der Waals surface area contributed by atoms with E-state index >= 15 is 0 Å². The molecule has 3 N–H and O–H groups in total. The van der Waals surface area contributed by atoms with Gasteiger partial charge in [-0.15, -0.1) is 0 Å². The van der Waals surface area contributed by atoms with E-state index in [1.165, 1.54) is 24.3 Å². The fourth-order valence-electron chi connectivity index (χ4n) is 1.45. The van der Waals surface area contributed by atoms with E-state index in [9.17, 15) is 14.0 Å². The van der Waals surface area contributed by atoms with Crippen molar-refractivity contribution in [3.05, 3.63) is 30.1 Å². The molecule has 0 bridgehead atoms. The summed E-state index contributed by atoms with van der Waals surface area (Å²) in [6.07, 6.45) is -0.0908. The molecule has 0 aromatic heterocycles. The lowest BCUT2D eigenvalue weighted by Crippen LogP contribution is -2.41. The first-order valence-electron chi connectivity index (χ1n) is 6.04. The summed E-state index contributed by atoms with van der Waals surface area (Å²) in [4.78, 5) is 22.2. The Balaban J connectivity index is 2.32. The van der Waals surface area contributed by atoms with Crippen molar-refractivity contribution in [2.75, 3.05) is 13.2 Å². The van der Waals surface area contributed by atoms with Crippen LogP contribution in [-0.2, 0) is 9.59 Å². The van der Waals surface area contributed by atoms with Crippen molar-refractivity contribution in [1.82, 2.24) is 5.32 Å². The smallest absolute Gasteiger partial charge is 0.326 e. The number of carboxylic acid groups (broad SMARTS) is 1. The van der Waals surface area contributed by atoms with E-state index in [0.29, 0.717) is 5.75 Å². The Kier molecular flexibility index (Phi) is 6.45. The van der Waals surface area contributed by atoms with E-state index in [2.05, 4.69) is 5.32 Å². The molecular formula is C13H16FNO5. The third-order valence-electron chi connectivity index (χ3n) is 2.46. The highest BCUT2D eigenvalue weighted by atomic mass is 19.1.